The average molecular weight is 281 g/mol. The molecule has 1 N–H and O–H groups in total. The molecule has 0 aromatic carbocycles. The van der Waals surface area contributed by atoms with Gasteiger partial charge in [-0.05, 0) is 54.9 Å². The molecule has 4 nitrogen and oxygen atoms in total. The minimum absolute atomic E-state index is 0.219. The van der Waals surface area contributed by atoms with Crippen molar-refractivity contribution in [2.75, 3.05) is 40.3 Å². The van der Waals surface area contributed by atoms with Crippen LogP contribution in [0.25, 0.3) is 0 Å². The van der Waals surface area contributed by atoms with E-state index < -0.39 is 0 Å². The van der Waals surface area contributed by atoms with Crippen LogP contribution >= 0.6 is 11.3 Å². The van der Waals surface area contributed by atoms with E-state index >= 15 is 0 Å². The molecule has 1 fully saturated rings. The number of thiophene rings is 1. The predicted octanol–water partition coefficient (Wildman–Crippen LogP) is 1.25. The van der Waals surface area contributed by atoms with Gasteiger partial charge in [0.05, 0.1) is 6.54 Å². The maximum Gasteiger partial charge on any atom is 0.236 e. The van der Waals surface area contributed by atoms with E-state index in [1.54, 1.807) is 11.3 Å². The van der Waals surface area contributed by atoms with Gasteiger partial charge in [-0.1, -0.05) is 0 Å². The number of hydrogen-bond donors (Lipinski definition) is 1. The van der Waals surface area contributed by atoms with Crippen LogP contribution in [-0.4, -0.2) is 56.0 Å². The molecule has 106 valence electrons. The summed E-state index contributed by atoms with van der Waals surface area (Å²) in [7, 11) is 3.88. The van der Waals surface area contributed by atoms with Crippen molar-refractivity contribution in [3.63, 3.8) is 0 Å². The molecule has 1 aromatic rings. The van der Waals surface area contributed by atoms with Gasteiger partial charge < -0.3 is 10.2 Å². The van der Waals surface area contributed by atoms with Crippen molar-refractivity contribution in [3.05, 3.63) is 22.4 Å². The molecule has 2 rings (SSSR count). The van der Waals surface area contributed by atoms with Crippen molar-refractivity contribution in [1.82, 2.24) is 15.1 Å². The molecule has 1 aromatic heterocycles. The molecule has 0 bridgehead atoms. The quantitative estimate of drug-likeness (QED) is 0.852. The number of rotatable bonds is 6. The summed E-state index contributed by atoms with van der Waals surface area (Å²) in [6, 6.07) is 2.08. The molecule has 1 aliphatic rings. The van der Waals surface area contributed by atoms with Gasteiger partial charge in [-0.15, -0.1) is 0 Å². The number of carbonyl (C=O) groups excluding carboxylic acids is 1. The highest BCUT2D eigenvalue weighted by molar-refractivity contribution is 7.07. The minimum Gasteiger partial charge on any atom is -0.340 e. The second-order valence-electron chi connectivity index (χ2n) is 5.33. The summed E-state index contributed by atoms with van der Waals surface area (Å²) in [4.78, 5) is 16.3. The molecule has 0 radical (unpaired) electrons. The van der Waals surface area contributed by atoms with Gasteiger partial charge in [0.2, 0.25) is 5.91 Å². The minimum atomic E-state index is 0.219. The zero-order valence-electron chi connectivity index (χ0n) is 11.8. The van der Waals surface area contributed by atoms with E-state index in [2.05, 4.69) is 27.0 Å². The van der Waals surface area contributed by atoms with E-state index in [4.69, 9.17) is 0 Å². The lowest BCUT2D eigenvalue weighted by Gasteiger charge is -2.21. The van der Waals surface area contributed by atoms with Gasteiger partial charge in [0, 0.05) is 20.1 Å². The first-order valence-electron chi connectivity index (χ1n) is 6.81. The molecule has 1 aliphatic heterocycles. The Bertz CT molecular complexity index is 393. The number of carbonyl (C=O) groups is 1. The molecule has 0 aliphatic carbocycles. The van der Waals surface area contributed by atoms with Gasteiger partial charge in [-0.3, -0.25) is 9.69 Å². The second-order valence-corrected chi connectivity index (χ2v) is 6.11. The first-order valence-corrected chi connectivity index (χ1v) is 7.75. The molecule has 5 heteroatoms. The van der Waals surface area contributed by atoms with Crippen LogP contribution in [0.1, 0.15) is 12.0 Å². The normalized spacial score (nSPS) is 19.8. The summed E-state index contributed by atoms with van der Waals surface area (Å²) >= 11 is 1.68. The van der Waals surface area contributed by atoms with Crippen LogP contribution < -0.4 is 5.32 Å². The molecule has 0 saturated carbocycles. The van der Waals surface area contributed by atoms with Crippen LogP contribution in [0.3, 0.4) is 0 Å². The van der Waals surface area contributed by atoms with E-state index in [0.29, 0.717) is 12.5 Å². The molecular weight excluding hydrogens is 258 g/mol. The summed E-state index contributed by atoms with van der Waals surface area (Å²) in [5, 5.41) is 7.37. The maximum absolute atomic E-state index is 12.2. The maximum atomic E-state index is 12.2. The van der Waals surface area contributed by atoms with Crippen molar-refractivity contribution in [2.24, 2.45) is 5.92 Å². The van der Waals surface area contributed by atoms with Crippen molar-refractivity contribution in [3.8, 4) is 0 Å². The Morgan fingerprint density at radius 1 is 1.63 bits per heavy atom. The van der Waals surface area contributed by atoms with Crippen LogP contribution in [0.2, 0.25) is 0 Å². The lowest BCUT2D eigenvalue weighted by Crippen LogP contribution is -2.37. The lowest BCUT2D eigenvalue weighted by molar-refractivity contribution is -0.131. The fourth-order valence-electron chi connectivity index (χ4n) is 2.57. The smallest absolute Gasteiger partial charge is 0.236 e. The van der Waals surface area contributed by atoms with Gasteiger partial charge in [0.25, 0.3) is 0 Å². The van der Waals surface area contributed by atoms with Crippen LogP contribution in [-0.2, 0) is 11.3 Å². The van der Waals surface area contributed by atoms with Gasteiger partial charge in [-0.25, -0.2) is 0 Å². The monoisotopic (exact) mass is 281 g/mol. The van der Waals surface area contributed by atoms with E-state index in [1.807, 2.05) is 19.0 Å². The molecule has 1 atom stereocenters. The Hall–Kier alpha value is -0.910. The summed E-state index contributed by atoms with van der Waals surface area (Å²) in [6.07, 6.45) is 1.20. The Morgan fingerprint density at radius 3 is 3.16 bits per heavy atom. The van der Waals surface area contributed by atoms with Gasteiger partial charge >= 0.3 is 0 Å². The SMILES string of the molecule is CNCC1CCN(CC(=O)N(C)Cc2ccsc2)C1. The standard InChI is InChI=1S/C14H23N3OS/c1-15-7-12-3-5-17(9-12)10-14(18)16(2)8-13-4-6-19-11-13/h4,6,11-12,15H,3,5,7-10H2,1-2H3. The largest absolute Gasteiger partial charge is 0.340 e. The Kier molecular flexibility index (Phi) is 5.36. The Labute approximate surface area is 119 Å². The topological polar surface area (TPSA) is 35.6 Å². The third-order valence-electron chi connectivity index (χ3n) is 3.65. The Balaban J connectivity index is 1.75. The van der Waals surface area contributed by atoms with Gasteiger partial charge in [0.1, 0.15) is 0 Å². The van der Waals surface area contributed by atoms with Crippen LogP contribution in [0.15, 0.2) is 16.8 Å². The fourth-order valence-corrected chi connectivity index (χ4v) is 3.23. The number of likely N-dealkylation sites (N-methyl/N-ethyl adjacent to an activating group) is 1. The predicted molar refractivity (Wildman–Crippen MR) is 79.3 cm³/mol. The highest BCUT2D eigenvalue weighted by Gasteiger charge is 2.24. The van der Waals surface area contributed by atoms with Gasteiger partial charge in [0.15, 0.2) is 0 Å². The number of nitrogens with zero attached hydrogens (tertiary/aromatic N) is 2. The summed E-state index contributed by atoms with van der Waals surface area (Å²) < 4.78 is 0. The Morgan fingerprint density at radius 2 is 2.47 bits per heavy atom. The first-order chi connectivity index (χ1) is 9.19. The van der Waals surface area contributed by atoms with Crippen LogP contribution in [0.5, 0.6) is 0 Å². The number of nitrogens with one attached hydrogen (secondary N) is 1. The molecule has 1 amide bonds. The summed E-state index contributed by atoms with van der Waals surface area (Å²) in [5.74, 6) is 0.913. The molecular formula is C14H23N3OS. The lowest BCUT2D eigenvalue weighted by atomic mass is 10.1. The van der Waals surface area contributed by atoms with Crippen LogP contribution in [0.4, 0.5) is 0 Å². The molecule has 0 spiro atoms. The third kappa shape index (κ3) is 4.30. The summed E-state index contributed by atoms with van der Waals surface area (Å²) in [5.41, 5.74) is 1.22. The highest BCUT2D eigenvalue weighted by atomic mass is 32.1. The average Bonchev–Trinajstić information content (AvgIpc) is 3.02. The second kappa shape index (κ2) is 7.03. The molecule has 1 saturated heterocycles. The van der Waals surface area contributed by atoms with Crippen molar-refractivity contribution < 1.29 is 4.79 Å². The summed E-state index contributed by atoms with van der Waals surface area (Å²) in [6.45, 7) is 4.41. The van der Waals surface area contributed by atoms with Crippen molar-refractivity contribution >= 4 is 17.2 Å². The van der Waals surface area contributed by atoms with Crippen LogP contribution in [0, 0.1) is 5.92 Å². The number of likely N-dealkylation sites (tertiary alicyclic amines) is 1. The molecule has 2 heterocycles. The van der Waals surface area contributed by atoms with E-state index in [-0.39, 0.29) is 5.91 Å². The van der Waals surface area contributed by atoms with E-state index in [0.717, 1.165) is 26.2 Å². The highest BCUT2D eigenvalue weighted by Crippen LogP contribution is 2.15. The number of hydrogen-bond acceptors (Lipinski definition) is 4. The van der Waals surface area contributed by atoms with E-state index in [1.165, 1.54) is 12.0 Å². The van der Waals surface area contributed by atoms with Gasteiger partial charge in [-0.2, -0.15) is 11.3 Å². The molecule has 1 unspecified atom stereocenters. The van der Waals surface area contributed by atoms with Crippen molar-refractivity contribution in [2.45, 2.75) is 13.0 Å². The third-order valence-corrected chi connectivity index (χ3v) is 4.38. The fraction of sp³-hybridized carbons (Fsp3) is 0.643. The zero-order valence-corrected chi connectivity index (χ0v) is 12.6. The number of amides is 1. The zero-order chi connectivity index (χ0) is 13.7. The van der Waals surface area contributed by atoms with E-state index in [9.17, 15) is 4.79 Å². The first kappa shape index (κ1) is 14.5. The van der Waals surface area contributed by atoms with Crippen molar-refractivity contribution in [1.29, 1.82) is 0 Å². The molecule has 19 heavy (non-hydrogen) atoms.